The van der Waals surface area contributed by atoms with Crippen molar-refractivity contribution in [3.63, 3.8) is 0 Å². The molecule has 3 rings (SSSR count). The number of amides is 2. The number of benzene rings is 2. The standard InChI is InChI=1S/C19H19BrN2O2/c20-17-8-4-7-15(9-17)12-22-13-16(10-18(22)23)19(24)21-11-14-5-2-1-3-6-14/h1-9,16H,10-13H2,(H,21,24)/t16-/m0/s1. The molecule has 24 heavy (non-hydrogen) atoms. The van der Waals surface area contributed by atoms with Gasteiger partial charge in [-0.3, -0.25) is 9.59 Å². The summed E-state index contributed by atoms with van der Waals surface area (Å²) in [7, 11) is 0. The van der Waals surface area contributed by atoms with E-state index < -0.39 is 0 Å². The third-order valence-corrected chi connectivity index (χ3v) is 4.65. The first kappa shape index (κ1) is 16.7. The number of halogens is 1. The van der Waals surface area contributed by atoms with Crippen LogP contribution in [0.5, 0.6) is 0 Å². The van der Waals surface area contributed by atoms with E-state index in [1.54, 1.807) is 4.90 Å². The fourth-order valence-electron chi connectivity index (χ4n) is 2.89. The van der Waals surface area contributed by atoms with Crippen LogP contribution in [0.3, 0.4) is 0 Å². The van der Waals surface area contributed by atoms with E-state index in [1.165, 1.54) is 0 Å². The highest BCUT2D eigenvalue weighted by Gasteiger charge is 2.34. The zero-order chi connectivity index (χ0) is 16.9. The first-order chi connectivity index (χ1) is 11.6. The van der Waals surface area contributed by atoms with Crippen molar-refractivity contribution in [1.82, 2.24) is 10.2 Å². The second-order valence-electron chi connectivity index (χ2n) is 6.01. The SMILES string of the molecule is O=C(NCc1ccccc1)[C@H]1CC(=O)N(Cc2cccc(Br)c2)C1. The molecule has 1 aliphatic rings. The highest BCUT2D eigenvalue weighted by Crippen LogP contribution is 2.21. The van der Waals surface area contributed by atoms with Gasteiger partial charge in [0.05, 0.1) is 5.92 Å². The average Bonchev–Trinajstić information content (AvgIpc) is 2.94. The van der Waals surface area contributed by atoms with Gasteiger partial charge in [-0.05, 0) is 23.3 Å². The van der Waals surface area contributed by atoms with E-state index in [1.807, 2.05) is 54.6 Å². The first-order valence-electron chi connectivity index (χ1n) is 7.95. The maximum atomic E-state index is 12.3. The summed E-state index contributed by atoms with van der Waals surface area (Å²) in [6.07, 6.45) is 0.286. The zero-order valence-corrected chi connectivity index (χ0v) is 14.8. The summed E-state index contributed by atoms with van der Waals surface area (Å²) < 4.78 is 0.990. The molecular weight excluding hydrogens is 368 g/mol. The Labute approximate surface area is 150 Å². The van der Waals surface area contributed by atoms with Crippen LogP contribution in [0.4, 0.5) is 0 Å². The highest BCUT2D eigenvalue weighted by atomic mass is 79.9. The van der Waals surface area contributed by atoms with E-state index in [-0.39, 0.29) is 24.2 Å². The summed E-state index contributed by atoms with van der Waals surface area (Å²) in [5.41, 5.74) is 2.12. The number of rotatable bonds is 5. The third kappa shape index (κ3) is 4.23. The van der Waals surface area contributed by atoms with Crippen molar-refractivity contribution >= 4 is 27.7 Å². The highest BCUT2D eigenvalue weighted by molar-refractivity contribution is 9.10. The van der Waals surface area contributed by atoms with E-state index in [4.69, 9.17) is 0 Å². The third-order valence-electron chi connectivity index (χ3n) is 4.16. The molecule has 1 saturated heterocycles. The second kappa shape index (κ2) is 7.62. The van der Waals surface area contributed by atoms with Crippen LogP contribution >= 0.6 is 15.9 Å². The van der Waals surface area contributed by atoms with Crippen LogP contribution in [0.2, 0.25) is 0 Å². The molecule has 1 fully saturated rings. The lowest BCUT2D eigenvalue weighted by atomic mass is 10.1. The molecule has 0 unspecified atom stereocenters. The van der Waals surface area contributed by atoms with Crippen molar-refractivity contribution in [3.8, 4) is 0 Å². The van der Waals surface area contributed by atoms with Crippen LogP contribution in [-0.2, 0) is 22.7 Å². The smallest absolute Gasteiger partial charge is 0.225 e. The normalized spacial score (nSPS) is 17.1. The molecule has 1 atom stereocenters. The largest absolute Gasteiger partial charge is 0.352 e. The predicted octanol–water partition coefficient (Wildman–Crippen LogP) is 3.11. The minimum absolute atomic E-state index is 0.0369. The number of carbonyl (C=O) groups excluding carboxylic acids is 2. The zero-order valence-electron chi connectivity index (χ0n) is 13.2. The molecular formula is C19H19BrN2O2. The van der Waals surface area contributed by atoms with Gasteiger partial charge >= 0.3 is 0 Å². The van der Waals surface area contributed by atoms with Crippen molar-refractivity contribution in [1.29, 1.82) is 0 Å². The van der Waals surface area contributed by atoms with Gasteiger partial charge in [-0.15, -0.1) is 0 Å². The summed E-state index contributed by atoms with van der Waals surface area (Å²) in [5, 5.41) is 2.93. The summed E-state index contributed by atoms with van der Waals surface area (Å²) >= 11 is 3.44. The van der Waals surface area contributed by atoms with Gasteiger partial charge in [0.2, 0.25) is 11.8 Å². The summed E-state index contributed by atoms with van der Waals surface area (Å²) in [5.74, 6) is -0.285. The topological polar surface area (TPSA) is 49.4 Å². The Morgan fingerprint density at radius 2 is 1.88 bits per heavy atom. The predicted molar refractivity (Wildman–Crippen MR) is 96.0 cm³/mol. The molecule has 0 spiro atoms. The van der Waals surface area contributed by atoms with E-state index in [0.717, 1.165) is 15.6 Å². The molecule has 4 nitrogen and oxygen atoms in total. The molecule has 5 heteroatoms. The Morgan fingerprint density at radius 1 is 1.12 bits per heavy atom. The summed E-state index contributed by atoms with van der Waals surface area (Å²) in [6.45, 7) is 1.52. The van der Waals surface area contributed by atoms with E-state index in [9.17, 15) is 9.59 Å². The van der Waals surface area contributed by atoms with Gasteiger partial charge in [-0.1, -0.05) is 58.4 Å². The molecule has 2 amide bonds. The van der Waals surface area contributed by atoms with E-state index in [2.05, 4.69) is 21.2 Å². The molecule has 0 bridgehead atoms. The fraction of sp³-hybridized carbons (Fsp3) is 0.263. The van der Waals surface area contributed by atoms with Crippen molar-refractivity contribution in [3.05, 3.63) is 70.2 Å². The summed E-state index contributed by atoms with van der Waals surface area (Å²) in [4.78, 5) is 26.3. The number of likely N-dealkylation sites (tertiary alicyclic amines) is 1. The number of nitrogens with one attached hydrogen (secondary N) is 1. The van der Waals surface area contributed by atoms with Gasteiger partial charge in [0.15, 0.2) is 0 Å². The Balaban J connectivity index is 1.55. The fourth-order valence-corrected chi connectivity index (χ4v) is 3.33. The number of hydrogen-bond donors (Lipinski definition) is 1. The summed E-state index contributed by atoms with van der Waals surface area (Å²) in [6, 6.07) is 17.7. The van der Waals surface area contributed by atoms with Gasteiger partial charge in [-0.2, -0.15) is 0 Å². The van der Waals surface area contributed by atoms with Crippen LogP contribution < -0.4 is 5.32 Å². The van der Waals surface area contributed by atoms with Crippen LogP contribution in [0, 0.1) is 5.92 Å². The maximum absolute atomic E-state index is 12.3. The van der Waals surface area contributed by atoms with Crippen LogP contribution in [0.15, 0.2) is 59.1 Å². The van der Waals surface area contributed by atoms with Crippen molar-refractivity contribution < 1.29 is 9.59 Å². The molecule has 2 aromatic carbocycles. The van der Waals surface area contributed by atoms with Gasteiger partial charge in [0, 0.05) is 30.5 Å². The van der Waals surface area contributed by atoms with Gasteiger partial charge in [0.1, 0.15) is 0 Å². The van der Waals surface area contributed by atoms with Crippen molar-refractivity contribution in [2.75, 3.05) is 6.54 Å². The quantitative estimate of drug-likeness (QED) is 0.857. The monoisotopic (exact) mass is 386 g/mol. The molecule has 1 heterocycles. The molecule has 0 saturated carbocycles. The van der Waals surface area contributed by atoms with Crippen LogP contribution in [0.1, 0.15) is 17.5 Å². The van der Waals surface area contributed by atoms with Gasteiger partial charge in [0.25, 0.3) is 0 Å². The van der Waals surface area contributed by atoms with Gasteiger partial charge in [-0.25, -0.2) is 0 Å². The molecule has 0 aliphatic carbocycles. The van der Waals surface area contributed by atoms with Crippen LogP contribution in [-0.4, -0.2) is 23.3 Å². The minimum Gasteiger partial charge on any atom is -0.352 e. The Kier molecular flexibility index (Phi) is 5.30. The Bertz CT molecular complexity index is 733. The second-order valence-corrected chi connectivity index (χ2v) is 6.92. The molecule has 0 aromatic heterocycles. The molecule has 1 aliphatic heterocycles. The number of carbonyl (C=O) groups is 2. The molecule has 0 radical (unpaired) electrons. The number of hydrogen-bond acceptors (Lipinski definition) is 2. The molecule has 2 aromatic rings. The lowest BCUT2D eigenvalue weighted by Crippen LogP contribution is -2.32. The van der Waals surface area contributed by atoms with E-state index in [0.29, 0.717) is 19.6 Å². The van der Waals surface area contributed by atoms with Gasteiger partial charge < -0.3 is 10.2 Å². The van der Waals surface area contributed by atoms with E-state index >= 15 is 0 Å². The average molecular weight is 387 g/mol. The molecule has 124 valence electrons. The Hall–Kier alpha value is -2.14. The van der Waals surface area contributed by atoms with Crippen LogP contribution in [0.25, 0.3) is 0 Å². The minimum atomic E-state index is -0.270. The molecule has 1 N–H and O–H groups in total. The van der Waals surface area contributed by atoms with Crippen molar-refractivity contribution in [2.24, 2.45) is 5.92 Å². The lowest BCUT2D eigenvalue weighted by Gasteiger charge is -2.17. The lowest BCUT2D eigenvalue weighted by molar-refractivity contribution is -0.129. The Morgan fingerprint density at radius 3 is 2.62 bits per heavy atom. The maximum Gasteiger partial charge on any atom is 0.225 e. The first-order valence-corrected chi connectivity index (χ1v) is 8.75. The van der Waals surface area contributed by atoms with Crippen molar-refractivity contribution in [2.45, 2.75) is 19.5 Å². The number of nitrogens with zero attached hydrogens (tertiary/aromatic N) is 1.